The van der Waals surface area contributed by atoms with E-state index in [0.29, 0.717) is 0 Å². The van der Waals surface area contributed by atoms with Gasteiger partial charge >= 0.3 is 23.9 Å². The Bertz CT molecular complexity index is 1000. The largest absolute Gasteiger partial charge is 0.463 e. The second-order valence-electron chi connectivity index (χ2n) is 7.19. The summed E-state index contributed by atoms with van der Waals surface area (Å²) in [5, 5.41) is 13.2. The summed E-state index contributed by atoms with van der Waals surface area (Å²) in [6, 6.07) is 4.63. The molecular weight excluding hydrogens is 529 g/mol. The fourth-order valence-electron chi connectivity index (χ4n) is 3.20. The maximum Gasteiger partial charge on any atom is 0.303 e. The van der Waals surface area contributed by atoms with Crippen molar-refractivity contribution in [2.24, 2.45) is 5.16 Å². The Morgan fingerprint density at radius 3 is 2.06 bits per heavy atom. The maximum absolute atomic E-state index is 11.9. The monoisotopic (exact) mass is 551 g/mol. The Hall–Kier alpha value is -2.54. The van der Waals surface area contributed by atoms with Crippen molar-refractivity contribution >= 4 is 63.9 Å². The SMILES string of the molecule is CC(=O)OC[C@H]1O[C@@H](S/C(=N\O)c2cccc(Cl)c2Cl)[C@H](OC(C)=O)[C@@H](OC(C)=O)[C@@H]1OC(C)=O. The standard InChI is InChI=1S/C21H23Cl2NO10S/c1-9(25)30-8-15-17(31-10(2)26)18(32-11(3)27)19(33-12(4)28)21(34-15)35-20(24-29)13-6-5-7-14(22)16(13)23/h5-7,15,17-19,21,29H,8H2,1-4H3/b24-20-/t15-,17-,18+,19-,21+/m1/s1. The van der Waals surface area contributed by atoms with Gasteiger partial charge in [-0.1, -0.05) is 52.3 Å². The fraction of sp³-hybridized carbons (Fsp3) is 0.476. The van der Waals surface area contributed by atoms with Crippen molar-refractivity contribution in [1.82, 2.24) is 0 Å². The van der Waals surface area contributed by atoms with Gasteiger partial charge in [0.1, 0.15) is 17.8 Å². The molecule has 0 amide bonds. The predicted octanol–water partition coefficient (Wildman–Crippen LogP) is 2.95. The zero-order chi connectivity index (χ0) is 26.3. The molecule has 2 rings (SSSR count). The maximum atomic E-state index is 11.9. The van der Waals surface area contributed by atoms with Gasteiger partial charge in [-0.25, -0.2) is 0 Å². The van der Waals surface area contributed by atoms with Crippen LogP contribution in [0.25, 0.3) is 0 Å². The van der Waals surface area contributed by atoms with Crippen LogP contribution in [-0.4, -0.2) is 70.6 Å². The first-order valence-corrected chi connectivity index (χ1v) is 11.7. The van der Waals surface area contributed by atoms with Crippen LogP contribution in [-0.2, 0) is 42.9 Å². The van der Waals surface area contributed by atoms with E-state index in [2.05, 4.69) is 5.16 Å². The fourth-order valence-corrected chi connectivity index (χ4v) is 4.76. The zero-order valence-corrected chi connectivity index (χ0v) is 21.4. The van der Waals surface area contributed by atoms with E-state index >= 15 is 0 Å². The molecule has 14 heteroatoms. The second-order valence-corrected chi connectivity index (χ2v) is 9.06. The van der Waals surface area contributed by atoms with Crippen LogP contribution in [0.1, 0.15) is 33.3 Å². The molecule has 0 radical (unpaired) electrons. The zero-order valence-electron chi connectivity index (χ0n) is 19.1. The summed E-state index contributed by atoms with van der Waals surface area (Å²) in [6.07, 6.45) is -5.15. The van der Waals surface area contributed by atoms with Crippen molar-refractivity contribution in [3.8, 4) is 0 Å². The number of esters is 4. The Balaban J connectivity index is 2.53. The van der Waals surface area contributed by atoms with Crippen LogP contribution in [0.4, 0.5) is 0 Å². The van der Waals surface area contributed by atoms with Crippen molar-refractivity contribution in [2.75, 3.05) is 6.61 Å². The lowest BCUT2D eigenvalue weighted by Gasteiger charge is -2.44. The summed E-state index contributed by atoms with van der Waals surface area (Å²) in [5.74, 6) is -2.92. The molecule has 1 aliphatic rings. The van der Waals surface area contributed by atoms with E-state index in [-0.39, 0.29) is 20.7 Å². The van der Waals surface area contributed by atoms with Gasteiger partial charge in [-0.3, -0.25) is 19.2 Å². The van der Waals surface area contributed by atoms with Gasteiger partial charge in [0.2, 0.25) is 0 Å². The molecule has 1 aromatic carbocycles. The number of rotatable bonds is 7. The number of carbonyl (C=O) groups is 4. The molecule has 0 unspecified atom stereocenters. The van der Waals surface area contributed by atoms with Crippen LogP contribution < -0.4 is 0 Å². The summed E-state index contributed by atoms with van der Waals surface area (Å²) >= 11 is 13.1. The molecular formula is C21H23Cl2NO10S. The van der Waals surface area contributed by atoms with Crippen molar-refractivity contribution in [2.45, 2.75) is 57.5 Å². The molecule has 0 aromatic heterocycles. The van der Waals surface area contributed by atoms with Gasteiger partial charge in [0.25, 0.3) is 0 Å². The molecule has 0 bridgehead atoms. The highest BCUT2D eigenvalue weighted by Gasteiger charge is 2.52. The van der Waals surface area contributed by atoms with Gasteiger partial charge in [0.15, 0.2) is 23.7 Å². The first-order valence-electron chi connectivity index (χ1n) is 10.1. The third kappa shape index (κ3) is 7.99. The summed E-state index contributed by atoms with van der Waals surface area (Å²) in [6.45, 7) is 4.12. The molecule has 11 nitrogen and oxygen atoms in total. The minimum atomic E-state index is -1.36. The van der Waals surface area contributed by atoms with E-state index < -0.39 is 60.3 Å². The van der Waals surface area contributed by atoms with Gasteiger partial charge in [0.05, 0.1) is 10.0 Å². The van der Waals surface area contributed by atoms with E-state index in [1.54, 1.807) is 6.07 Å². The number of hydrogen-bond donors (Lipinski definition) is 1. The molecule has 0 saturated carbocycles. The minimum absolute atomic E-state index is 0.0709. The third-order valence-corrected chi connectivity index (χ3v) is 6.40. The van der Waals surface area contributed by atoms with E-state index in [1.165, 1.54) is 19.1 Å². The van der Waals surface area contributed by atoms with Gasteiger partial charge in [0, 0.05) is 33.3 Å². The average molecular weight is 552 g/mol. The summed E-state index contributed by atoms with van der Waals surface area (Å²) in [7, 11) is 0. The van der Waals surface area contributed by atoms with Crippen LogP contribution in [0.5, 0.6) is 0 Å². The number of nitrogens with zero attached hydrogens (tertiary/aromatic N) is 1. The van der Waals surface area contributed by atoms with Crippen LogP contribution >= 0.6 is 35.0 Å². The number of thioether (sulfide) groups is 1. The highest BCUT2D eigenvalue weighted by Crippen LogP contribution is 2.37. The number of oxime groups is 1. The average Bonchev–Trinajstić information content (AvgIpc) is 2.75. The van der Waals surface area contributed by atoms with Crippen LogP contribution in [0.15, 0.2) is 23.4 Å². The number of carbonyl (C=O) groups excluding carboxylic acids is 4. The van der Waals surface area contributed by atoms with Crippen molar-refractivity contribution in [3.63, 3.8) is 0 Å². The van der Waals surface area contributed by atoms with Crippen LogP contribution in [0, 0.1) is 0 Å². The van der Waals surface area contributed by atoms with Gasteiger partial charge in [-0.2, -0.15) is 0 Å². The van der Waals surface area contributed by atoms with E-state index in [1.807, 2.05) is 0 Å². The second kappa shape index (κ2) is 13.0. The number of benzene rings is 1. The molecule has 1 fully saturated rings. The Labute approximate surface area is 214 Å². The van der Waals surface area contributed by atoms with Gasteiger partial charge in [-0.15, -0.1) is 0 Å². The predicted molar refractivity (Wildman–Crippen MR) is 124 cm³/mol. The number of hydrogen-bond acceptors (Lipinski definition) is 12. The lowest BCUT2D eigenvalue weighted by Crippen LogP contribution is -2.61. The third-order valence-electron chi connectivity index (χ3n) is 4.45. The molecule has 192 valence electrons. The molecule has 0 aliphatic carbocycles. The Kier molecular flexibility index (Phi) is 10.6. The normalized spacial score (nSPS) is 24.3. The summed E-state index contributed by atoms with van der Waals surface area (Å²) in [4.78, 5) is 47.0. The molecule has 1 heterocycles. The van der Waals surface area contributed by atoms with Crippen LogP contribution in [0.2, 0.25) is 10.0 Å². The van der Waals surface area contributed by atoms with E-state index in [4.69, 9.17) is 46.9 Å². The lowest BCUT2D eigenvalue weighted by molar-refractivity contribution is -0.237. The summed E-state index contributed by atoms with van der Waals surface area (Å²) in [5.41, 5.74) is -0.962. The Morgan fingerprint density at radius 1 is 0.943 bits per heavy atom. The van der Waals surface area contributed by atoms with Crippen molar-refractivity contribution in [1.29, 1.82) is 0 Å². The van der Waals surface area contributed by atoms with Gasteiger partial charge in [-0.05, 0) is 6.07 Å². The number of halogens is 2. The smallest absolute Gasteiger partial charge is 0.303 e. The molecule has 35 heavy (non-hydrogen) atoms. The number of ether oxygens (including phenoxy) is 5. The van der Waals surface area contributed by atoms with Crippen molar-refractivity contribution < 1.29 is 48.1 Å². The molecule has 1 N–H and O–H groups in total. The van der Waals surface area contributed by atoms with Crippen LogP contribution in [0.3, 0.4) is 0 Å². The first kappa shape index (κ1) is 28.7. The highest BCUT2D eigenvalue weighted by atomic mass is 35.5. The molecule has 0 spiro atoms. The molecule has 1 aromatic rings. The Morgan fingerprint density at radius 2 is 1.51 bits per heavy atom. The van der Waals surface area contributed by atoms with Crippen molar-refractivity contribution in [3.05, 3.63) is 33.8 Å². The van der Waals surface area contributed by atoms with E-state index in [0.717, 1.165) is 32.5 Å². The van der Waals surface area contributed by atoms with Gasteiger partial charge < -0.3 is 28.9 Å². The lowest BCUT2D eigenvalue weighted by atomic mass is 9.99. The molecule has 1 saturated heterocycles. The first-order chi connectivity index (χ1) is 16.4. The molecule has 5 atom stereocenters. The molecule has 1 aliphatic heterocycles. The minimum Gasteiger partial charge on any atom is -0.463 e. The van der Waals surface area contributed by atoms with E-state index in [9.17, 15) is 24.4 Å². The highest BCUT2D eigenvalue weighted by molar-refractivity contribution is 8.14. The quantitative estimate of drug-likeness (QED) is 0.133. The topological polar surface area (TPSA) is 147 Å². The summed E-state index contributed by atoms with van der Waals surface area (Å²) < 4.78 is 27.1.